The Bertz CT molecular complexity index is 1820. The summed E-state index contributed by atoms with van der Waals surface area (Å²) < 4.78 is 29.8. The summed E-state index contributed by atoms with van der Waals surface area (Å²) in [5, 5.41) is 0. The second-order valence-corrected chi connectivity index (χ2v) is 11.4. The largest absolute Gasteiger partial charge is 0.452 e. The third kappa shape index (κ3) is 7.80. The van der Waals surface area contributed by atoms with Crippen molar-refractivity contribution in [3.63, 3.8) is 0 Å². The molecule has 1 saturated heterocycles. The van der Waals surface area contributed by atoms with Crippen LogP contribution in [0.2, 0.25) is 0 Å². The lowest BCUT2D eigenvalue weighted by atomic mass is 9.98. The van der Waals surface area contributed by atoms with Crippen LogP contribution in [-0.2, 0) is 23.7 Å². The van der Waals surface area contributed by atoms with E-state index in [1.54, 1.807) is 122 Å². The average molecular weight is 645 g/mol. The van der Waals surface area contributed by atoms with E-state index in [4.69, 9.17) is 23.7 Å². The van der Waals surface area contributed by atoms with E-state index < -0.39 is 54.6 Å². The molecule has 1 aliphatic heterocycles. The minimum atomic E-state index is -1.56. The van der Waals surface area contributed by atoms with Crippen molar-refractivity contribution in [2.24, 2.45) is 5.92 Å². The molecule has 242 valence electrons. The van der Waals surface area contributed by atoms with Crippen molar-refractivity contribution >= 4 is 23.9 Å². The van der Waals surface area contributed by atoms with Gasteiger partial charge in [0.1, 0.15) is 0 Å². The molecule has 4 aromatic carbocycles. The summed E-state index contributed by atoms with van der Waals surface area (Å²) in [6, 6.07) is 31.3. The highest BCUT2D eigenvalue weighted by atomic mass is 16.7. The van der Waals surface area contributed by atoms with Crippen LogP contribution in [0.5, 0.6) is 0 Å². The fourth-order valence-electron chi connectivity index (χ4n) is 5.13. The normalized spacial score (nSPS) is 21.5. The van der Waals surface area contributed by atoms with Crippen LogP contribution in [-0.4, -0.2) is 54.6 Å². The van der Waals surface area contributed by atoms with E-state index in [0.29, 0.717) is 11.5 Å². The molecule has 2 aliphatic rings. The maximum atomic E-state index is 13.7. The van der Waals surface area contributed by atoms with Gasteiger partial charge >= 0.3 is 23.9 Å². The molecule has 9 heteroatoms. The number of benzene rings is 4. The van der Waals surface area contributed by atoms with Gasteiger partial charge in [-0.3, -0.25) is 0 Å². The van der Waals surface area contributed by atoms with Gasteiger partial charge < -0.3 is 23.7 Å². The molecule has 0 radical (unpaired) electrons. The van der Waals surface area contributed by atoms with Crippen LogP contribution in [0.15, 0.2) is 115 Å². The molecule has 1 unspecified atom stereocenters. The molecule has 0 aromatic heterocycles. The number of hydrogen-bond donors (Lipinski definition) is 0. The van der Waals surface area contributed by atoms with E-state index >= 15 is 0 Å². The van der Waals surface area contributed by atoms with E-state index in [-0.39, 0.29) is 22.3 Å². The summed E-state index contributed by atoms with van der Waals surface area (Å²) in [6.07, 6.45) is -4.80. The van der Waals surface area contributed by atoms with Crippen LogP contribution in [0.4, 0.5) is 0 Å². The zero-order valence-electron chi connectivity index (χ0n) is 26.0. The minimum Gasteiger partial charge on any atom is -0.452 e. The Morgan fingerprint density at radius 2 is 1.02 bits per heavy atom. The highest BCUT2D eigenvalue weighted by Gasteiger charge is 2.53. The molecule has 0 amide bonds. The standard InChI is InChI=1S/C39H32O9/c1-25-32(45-35(40)28-14-5-2-6-15-28)33(46-36(41)29-16-7-3-8-17-29)34(47-37(42)30-18-9-4-10-19-30)39(44-25)48-38(43)31-20-12-11-13-27(31)24-23-26-21-22-26/h2-20,25-26,32-34,39H,21-22H2,1H3/t25-,32-,33+,34+,39?/m0/s1. The highest BCUT2D eigenvalue weighted by Crippen LogP contribution is 2.32. The highest BCUT2D eigenvalue weighted by molar-refractivity contribution is 5.93. The Labute approximate surface area is 277 Å². The SMILES string of the molecule is C[C@@H]1OC(OC(=O)c2ccccc2C#CC2CC2)[C@H](OC(=O)c2ccccc2)[C@H](OC(=O)c2ccccc2)[C@H]1OC(=O)c1ccccc1. The van der Waals surface area contributed by atoms with Crippen molar-refractivity contribution in [2.75, 3.05) is 0 Å². The van der Waals surface area contributed by atoms with Crippen molar-refractivity contribution in [3.05, 3.63) is 143 Å². The van der Waals surface area contributed by atoms with E-state index in [0.717, 1.165) is 12.8 Å². The van der Waals surface area contributed by atoms with Gasteiger partial charge in [0.25, 0.3) is 0 Å². The van der Waals surface area contributed by atoms with Gasteiger partial charge in [0, 0.05) is 11.5 Å². The van der Waals surface area contributed by atoms with Crippen molar-refractivity contribution in [1.82, 2.24) is 0 Å². The molecular weight excluding hydrogens is 612 g/mol. The number of ether oxygens (including phenoxy) is 5. The third-order valence-corrected chi connectivity index (χ3v) is 7.84. The monoisotopic (exact) mass is 644 g/mol. The zero-order valence-corrected chi connectivity index (χ0v) is 26.0. The Hall–Kier alpha value is -5.72. The van der Waals surface area contributed by atoms with Crippen molar-refractivity contribution < 1.29 is 42.9 Å². The van der Waals surface area contributed by atoms with Gasteiger partial charge in [0.15, 0.2) is 12.2 Å². The Kier molecular flexibility index (Phi) is 9.93. The predicted octanol–water partition coefficient (Wildman–Crippen LogP) is 6.03. The molecule has 9 nitrogen and oxygen atoms in total. The Morgan fingerprint density at radius 1 is 0.562 bits per heavy atom. The second kappa shape index (κ2) is 14.8. The Morgan fingerprint density at radius 3 is 1.54 bits per heavy atom. The smallest absolute Gasteiger partial charge is 0.341 e. The average Bonchev–Trinajstić information content (AvgIpc) is 3.96. The number of esters is 4. The fraction of sp³-hybridized carbons (Fsp3) is 0.231. The van der Waals surface area contributed by atoms with Crippen molar-refractivity contribution in [1.29, 1.82) is 0 Å². The first-order chi connectivity index (χ1) is 23.4. The number of hydrogen-bond acceptors (Lipinski definition) is 9. The molecular formula is C39H32O9. The van der Waals surface area contributed by atoms with Gasteiger partial charge in [-0.2, -0.15) is 0 Å². The van der Waals surface area contributed by atoms with E-state index in [9.17, 15) is 19.2 Å². The van der Waals surface area contributed by atoms with Crippen molar-refractivity contribution in [2.45, 2.75) is 50.5 Å². The van der Waals surface area contributed by atoms with Gasteiger partial charge in [-0.25, -0.2) is 19.2 Å². The summed E-state index contributed by atoms with van der Waals surface area (Å²) in [5.41, 5.74) is 1.29. The summed E-state index contributed by atoms with van der Waals surface area (Å²) in [7, 11) is 0. The lowest BCUT2D eigenvalue weighted by Gasteiger charge is -2.43. The quantitative estimate of drug-likeness (QED) is 0.129. The molecule has 1 saturated carbocycles. The molecule has 1 aliphatic carbocycles. The lowest BCUT2D eigenvalue weighted by molar-refractivity contribution is -0.274. The molecule has 2 fully saturated rings. The van der Waals surface area contributed by atoms with Crippen molar-refractivity contribution in [3.8, 4) is 11.8 Å². The topological polar surface area (TPSA) is 114 Å². The molecule has 0 N–H and O–H groups in total. The van der Waals surface area contributed by atoms with Gasteiger partial charge in [-0.1, -0.05) is 78.6 Å². The van der Waals surface area contributed by atoms with Crippen LogP contribution < -0.4 is 0 Å². The first-order valence-corrected chi connectivity index (χ1v) is 15.6. The summed E-state index contributed by atoms with van der Waals surface area (Å²) in [5.74, 6) is 3.42. The van der Waals surface area contributed by atoms with Gasteiger partial charge in [-0.15, -0.1) is 0 Å². The van der Waals surface area contributed by atoms with Gasteiger partial charge in [0.05, 0.1) is 28.4 Å². The number of rotatable bonds is 8. The first kappa shape index (κ1) is 32.2. The van der Waals surface area contributed by atoms with Gasteiger partial charge in [-0.05, 0) is 68.3 Å². The second-order valence-electron chi connectivity index (χ2n) is 11.4. The van der Waals surface area contributed by atoms with Gasteiger partial charge in [0.2, 0.25) is 12.4 Å². The lowest BCUT2D eigenvalue weighted by Crippen LogP contribution is -2.61. The predicted molar refractivity (Wildman–Crippen MR) is 173 cm³/mol. The summed E-state index contributed by atoms with van der Waals surface area (Å²) in [4.78, 5) is 53.9. The third-order valence-electron chi connectivity index (χ3n) is 7.84. The van der Waals surface area contributed by atoms with Crippen LogP contribution in [0.1, 0.15) is 66.8 Å². The molecule has 4 aromatic rings. The molecule has 1 heterocycles. The van der Waals surface area contributed by atoms with E-state index in [1.165, 1.54) is 0 Å². The molecule has 6 rings (SSSR count). The molecule has 0 bridgehead atoms. The molecule has 48 heavy (non-hydrogen) atoms. The Balaban J connectivity index is 1.36. The maximum Gasteiger partial charge on any atom is 0.341 e. The van der Waals surface area contributed by atoms with Crippen LogP contribution >= 0.6 is 0 Å². The summed E-state index contributed by atoms with van der Waals surface area (Å²) >= 11 is 0. The zero-order chi connectivity index (χ0) is 33.5. The van der Waals surface area contributed by atoms with Crippen LogP contribution in [0.25, 0.3) is 0 Å². The number of carbonyl (C=O) groups excluding carboxylic acids is 4. The van der Waals surface area contributed by atoms with E-state index in [2.05, 4.69) is 11.8 Å². The first-order valence-electron chi connectivity index (χ1n) is 15.6. The number of carbonyl (C=O) groups is 4. The van der Waals surface area contributed by atoms with Crippen LogP contribution in [0.3, 0.4) is 0 Å². The van der Waals surface area contributed by atoms with E-state index in [1.807, 2.05) is 0 Å². The maximum absolute atomic E-state index is 13.7. The molecule has 0 spiro atoms. The molecule has 5 atom stereocenters. The minimum absolute atomic E-state index is 0.186. The fourth-order valence-corrected chi connectivity index (χ4v) is 5.13. The summed E-state index contributed by atoms with van der Waals surface area (Å²) in [6.45, 7) is 1.58. The van der Waals surface area contributed by atoms with Crippen LogP contribution in [0, 0.1) is 17.8 Å².